The van der Waals surface area contributed by atoms with Gasteiger partial charge in [-0.1, -0.05) is 72.6 Å². The number of amides is 2. The average Bonchev–Trinajstić information content (AvgIpc) is 2.76. The summed E-state index contributed by atoms with van der Waals surface area (Å²) in [4.78, 5) is 30.6. The van der Waals surface area contributed by atoms with Crippen molar-refractivity contribution in [3.63, 3.8) is 0 Å². The first-order chi connectivity index (χ1) is 14.8. The normalized spacial score (nSPS) is 15.8. The first kappa shape index (κ1) is 24.6. The van der Waals surface area contributed by atoms with Gasteiger partial charge in [-0.05, 0) is 26.0 Å². The van der Waals surface area contributed by atoms with Crippen LogP contribution in [0.25, 0.3) is 0 Å². The van der Waals surface area contributed by atoms with Crippen LogP contribution in [-0.4, -0.2) is 46.5 Å². The zero-order valence-electron chi connectivity index (χ0n) is 17.9. The molecule has 164 valence electrons. The number of allylic oxidation sites excluding steroid dienone is 5. The summed E-state index contributed by atoms with van der Waals surface area (Å²) in [5.74, 6) is 0.447. The van der Waals surface area contributed by atoms with E-state index in [1.165, 1.54) is 9.91 Å². The summed E-state index contributed by atoms with van der Waals surface area (Å²) in [6.07, 6.45) is 5.93. The van der Waals surface area contributed by atoms with Crippen LogP contribution in [0.5, 0.6) is 0 Å². The van der Waals surface area contributed by atoms with Crippen molar-refractivity contribution in [1.82, 2.24) is 9.91 Å². The Morgan fingerprint density at radius 3 is 2.68 bits per heavy atom. The fourth-order valence-corrected chi connectivity index (χ4v) is 3.08. The second kappa shape index (κ2) is 11.6. The number of Topliss-reactive ketones (excluding diaryl/α,β-unsaturated/α-hetero) is 1. The summed E-state index contributed by atoms with van der Waals surface area (Å²) in [6, 6.07) is 6.91. The molecule has 0 unspecified atom stereocenters. The van der Waals surface area contributed by atoms with Gasteiger partial charge in [0.2, 0.25) is 0 Å². The van der Waals surface area contributed by atoms with Crippen molar-refractivity contribution < 1.29 is 9.59 Å². The smallest absolute Gasteiger partial charge is 0.298 e. The van der Waals surface area contributed by atoms with Crippen molar-refractivity contribution in [2.24, 2.45) is 10.1 Å². The third-order valence-corrected chi connectivity index (χ3v) is 5.21. The van der Waals surface area contributed by atoms with E-state index in [0.29, 0.717) is 40.0 Å². The highest BCUT2D eigenvalue weighted by Gasteiger charge is 2.29. The topological polar surface area (TPSA) is 65.3 Å². The molecule has 2 rings (SSSR count). The monoisotopic (exact) mass is 460 g/mol. The largest absolute Gasteiger partial charge is 0.348 e. The molecule has 0 aliphatic carbocycles. The van der Waals surface area contributed by atoms with Gasteiger partial charge in [-0.2, -0.15) is 10.1 Å². The first-order valence-corrected chi connectivity index (χ1v) is 10.6. The number of nitrogens with zero attached hydrogens (tertiary/aromatic N) is 4. The minimum Gasteiger partial charge on any atom is -0.298 e. The number of benzene rings is 1. The molecule has 6 nitrogen and oxygen atoms in total. The lowest BCUT2D eigenvalue weighted by atomic mass is 10.0. The van der Waals surface area contributed by atoms with E-state index in [0.717, 1.165) is 5.57 Å². The standard InChI is InChI=1S/C23H26Cl2N4O2/c1-5-18(24)12-11-16(3)13-22(20-9-7-8-10-21(20)25)27-29-15-26-17(4)28(23(29)31)14-19(30)6-2/h5,7-12H,1,6,13-15H2,2-4H3/b16-11+,18-12+,27-22+. The highest BCUT2D eigenvalue weighted by molar-refractivity contribution is 6.34. The molecule has 1 aromatic rings. The van der Waals surface area contributed by atoms with Crippen LogP contribution in [0.4, 0.5) is 4.79 Å². The molecule has 1 aliphatic heterocycles. The van der Waals surface area contributed by atoms with Crippen LogP contribution in [0.15, 0.2) is 69.8 Å². The number of urea groups is 1. The molecule has 1 heterocycles. The van der Waals surface area contributed by atoms with Crippen LogP contribution in [-0.2, 0) is 4.79 Å². The minimum absolute atomic E-state index is 0.0259. The van der Waals surface area contributed by atoms with Gasteiger partial charge in [0.25, 0.3) is 0 Å². The van der Waals surface area contributed by atoms with Crippen LogP contribution >= 0.6 is 23.2 Å². The van der Waals surface area contributed by atoms with Crippen molar-refractivity contribution in [3.8, 4) is 0 Å². The maximum Gasteiger partial charge on any atom is 0.348 e. The number of aliphatic imine (C=N–C) groups is 1. The fourth-order valence-electron chi connectivity index (χ4n) is 2.78. The highest BCUT2D eigenvalue weighted by atomic mass is 35.5. The molecule has 0 radical (unpaired) electrons. The molecular weight excluding hydrogens is 435 g/mol. The number of hydrogen-bond donors (Lipinski definition) is 0. The molecule has 0 saturated carbocycles. The maximum absolute atomic E-state index is 13.0. The van der Waals surface area contributed by atoms with Crippen molar-refractivity contribution in [2.45, 2.75) is 33.6 Å². The average molecular weight is 461 g/mol. The van der Waals surface area contributed by atoms with Gasteiger partial charge in [-0.3, -0.25) is 9.69 Å². The molecule has 1 aliphatic rings. The molecule has 0 N–H and O–H groups in total. The Hall–Kier alpha value is -2.70. The van der Waals surface area contributed by atoms with Gasteiger partial charge < -0.3 is 0 Å². The molecule has 0 fully saturated rings. The third-order valence-electron chi connectivity index (χ3n) is 4.60. The van der Waals surface area contributed by atoms with E-state index in [2.05, 4.69) is 16.7 Å². The lowest BCUT2D eigenvalue weighted by molar-refractivity contribution is -0.118. The van der Waals surface area contributed by atoms with Crippen molar-refractivity contribution in [3.05, 3.63) is 70.3 Å². The molecule has 0 bridgehead atoms. The van der Waals surface area contributed by atoms with E-state index in [-0.39, 0.29) is 19.0 Å². The van der Waals surface area contributed by atoms with Gasteiger partial charge >= 0.3 is 6.03 Å². The summed E-state index contributed by atoms with van der Waals surface area (Å²) in [7, 11) is 0. The zero-order valence-corrected chi connectivity index (χ0v) is 19.5. The Morgan fingerprint density at radius 2 is 2.03 bits per heavy atom. The number of hydrogen-bond acceptors (Lipinski definition) is 4. The lowest BCUT2D eigenvalue weighted by Crippen LogP contribution is -2.49. The highest BCUT2D eigenvalue weighted by Crippen LogP contribution is 2.21. The van der Waals surface area contributed by atoms with Gasteiger partial charge in [0.05, 0.1) is 12.3 Å². The van der Waals surface area contributed by atoms with Gasteiger partial charge in [0, 0.05) is 28.5 Å². The van der Waals surface area contributed by atoms with Crippen molar-refractivity contribution in [1.29, 1.82) is 0 Å². The Bertz CT molecular complexity index is 980. The van der Waals surface area contributed by atoms with Crippen molar-refractivity contribution in [2.75, 3.05) is 13.2 Å². The summed E-state index contributed by atoms with van der Waals surface area (Å²) in [5, 5.41) is 6.89. The van der Waals surface area contributed by atoms with Crippen LogP contribution in [0.3, 0.4) is 0 Å². The predicted molar refractivity (Wildman–Crippen MR) is 128 cm³/mol. The SMILES string of the molecule is C=C/C(Cl)=C\C=C(/C)C/C(=N\N1CN=C(C)N(CC(=O)CC)C1=O)c1ccccc1Cl. The molecule has 2 amide bonds. The molecule has 0 atom stereocenters. The van der Waals surface area contributed by atoms with E-state index in [9.17, 15) is 9.59 Å². The summed E-state index contributed by atoms with van der Waals surface area (Å²) >= 11 is 12.4. The number of amidine groups is 1. The molecule has 31 heavy (non-hydrogen) atoms. The van der Waals surface area contributed by atoms with Gasteiger partial charge in [0.1, 0.15) is 12.5 Å². The van der Waals surface area contributed by atoms with Gasteiger partial charge in [-0.15, -0.1) is 0 Å². The predicted octanol–water partition coefficient (Wildman–Crippen LogP) is 5.78. The fraction of sp³-hybridized carbons (Fsp3) is 0.304. The Morgan fingerprint density at radius 1 is 1.32 bits per heavy atom. The maximum atomic E-state index is 13.0. The molecule has 1 aromatic carbocycles. The minimum atomic E-state index is -0.393. The number of ketones is 1. The molecule has 0 saturated heterocycles. The number of carbonyl (C=O) groups is 2. The lowest BCUT2D eigenvalue weighted by Gasteiger charge is -2.31. The third kappa shape index (κ3) is 6.91. The molecule has 8 heteroatoms. The second-order valence-corrected chi connectivity index (χ2v) is 7.82. The Kier molecular flexibility index (Phi) is 9.21. The molecule has 0 spiro atoms. The Balaban J connectivity index is 2.42. The summed E-state index contributed by atoms with van der Waals surface area (Å²) in [5.41, 5.74) is 2.28. The molecule has 0 aromatic heterocycles. The quantitative estimate of drug-likeness (QED) is 0.346. The first-order valence-electron chi connectivity index (χ1n) is 9.86. The number of halogens is 2. The summed E-state index contributed by atoms with van der Waals surface area (Å²) < 4.78 is 0. The van der Waals surface area contributed by atoms with Crippen LogP contribution in [0, 0.1) is 0 Å². The van der Waals surface area contributed by atoms with E-state index in [4.69, 9.17) is 23.2 Å². The van der Waals surface area contributed by atoms with Gasteiger partial charge in [-0.25, -0.2) is 9.79 Å². The van der Waals surface area contributed by atoms with Crippen LogP contribution < -0.4 is 0 Å². The van der Waals surface area contributed by atoms with Crippen molar-refractivity contribution >= 4 is 46.6 Å². The van der Waals surface area contributed by atoms with Gasteiger partial charge in [0.15, 0.2) is 5.78 Å². The number of carbonyl (C=O) groups excluding carboxylic acids is 2. The number of rotatable bonds is 9. The van der Waals surface area contributed by atoms with E-state index >= 15 is 0 Å². The van der Waals surface area contributed by atoms with E-state index in [1.54, 1.807) is 32.1 Å². The van der Waals surface area contributed by atoms with E-state index < -0.39 is 6.03 Å². The summed E-state index contributed by atoms with van der Waals surface area (Å²) in [6.45, 7) is 9.07. The van der Waals surface area contributed by atoms with E-state index in [1.807, 2.05) is 31.2 Å². The number of hydrazone groups is 1. The Labute approximate surface area is 193 Å². The zero-order chi connectivity index (χ0) is 23.0. The van der Waals surface area contributed by atoms with Crippen LogP contribution in [0.2, 0.25) is 5.02 Å². The second-order valence-electron chi connectivity index (χ2n) is 6.98. The molecular formula is C23H26Cl2N4O2. The van der Waals surface area contributed by atoms with Crippen LogP contribution in [0.1, 0.15) is 39.2 Å².